The van der Waals surface area contributed by atoms with Crippen molar-refractivity contribution < 1.29 is 13.5 Å². The molecule has 13 heavy (non-hydrogen) atoms. The van der Waals surface area contributed by atoms with Crippen LogP contribution in [0.1, 0.15) is 5.56 Å². The lowest BCUT2D eigenvalue weighted by atomic mass is 10.2. The van der Waals surface area contributed by atoms with Crippen LogP contribution >= 0.6 is 15.9 Å². The molecule has 0 saturated carbocycles. The molecule has 0 aliphatic heterocycles. The predicted octanol–water partition coefficient (Wildman–Crippen LogP) is 0.943. The maximum absolute atomic E-state index is 10.7. The van der Waals surface area contributed by atoms with Crippen LogP contribution in [0.5, 0.6) is 5.75 Å². The lowest BCUT2D eigenvalue weighted by Gasteiger charge is -2.03. The summed E-state index contributed by atoms with van der Waals surface area (Å²) in [5.74, 6) is -0.289. The molecule has 0 heterocycles. The molecule has 0 bridgehead atoms. The van der Waals surface area contributed by atoms with Crippen LogP contribution in [0.2, 0.25) is 0 Å². The van der Waals surface area contributed by atoms with Gasteiger partial charge in [-0.15, -0.1) is 0 Å². The molecule has 3 N–H and O–H groups in total. The van der Waals surface area contributed by atoms with E-state index in [-0.39, 0.29) is 11.5 Å². The molecule has 72 valence electrons. The second-order valence-corrected chi connectivity index (χ2v) is 4.96. The first-order valence-corrected chi connectivity index (χ1v) is 5.88. The number of sulfonamides is 1. The number of hydrogen-bond donors (Lipinski definition) is 2. The van der Waals surface area contributed by atoms with Crippen LogP contribution in [0.3, 0.4) is 0 Å². The summed E-state index contributed by atoms with van der Waals surface area (Å²) in [5, 5.41) is 14.1. The van der Waals surface area contributed by atoms with Crippen LogP contribution in [0.4, 0.5) is 0 Å². The van der Waals surface area contributed by atoms with Crippen molar-refractivity contribution in [3.8, 4) is 5.75 Å². The fraction of sp³-hybridized carbons (Fsp3) is 0.143. The van der Waals surface area contributed by atoms with E-state index in [4.69, 9.17) is 5.14 Å². The summed E-state index contributed by atoms with van der Waals surface area (Å²) in [4.78, 5) is 0. The Morgan fingerprint density at radius 3 is 2.62 bits per heavy atom. The first-order valence-electron chi connectivity index (χ1n) is 3.37. The standard InChI is InChI=1S/C7H8BrNO3S/c8-7-5(4-13(9,11)12)2-1-3-6(7)10/h1-3,10H,4H2,(H2,9,11,12). The lowest BCUT2D eigenvalue weighted by molar-refractivity contribution is 0.471. The van der Waals surface area contributed by atoms with E-state index in [1.54, 1.807) is 12.1 Å². The minimum Gasteiger partial charge on any atom is -0.507 e. The Morgan fingerprint density at radius 1 is 1.46 bits per heavy atom. The van der Waals surface area contributed by atoms with Crippen LogP contribution in [0, 0.1) is 0 Å². The summed E-state index contributed by atoms with van der Waals surface area (Å²) in [6, 6.07) is 4.59. The maximum Gasteiger partial charge on any atom is 0.213 e. The fourth-order valence-electron chi connectivity index (χ4n) is 0.894. The van der Waals surface area contributed by atoms with Gasteiger partial charge in [-0.25, -0.2) is 13.6 Å². The average Bonchev–Trinajstić information content (AvgIpc) is 1.96. The molecule has 1 aromatic rings. The highest BCUT2D eigenvalue weighted by atomic mass is 79.9. The van der Waals surface area contributed by atoms with E-state index >= 15 is 0 Å². The Morgan fingerprint density at radius 2 is 2.08 bits per heavy atom. The molecule has 0 aliphatic carbocycles. The van der Waals surface area contributed by atoms with Gasteiger partial charge < -0.3 is 5.11 Å². The number of phenols is 1. The lowest BCUT2D eigenvalue weighted by Crippen LogP contribution is -2.14. The third kappa shape index (κ3) is 2.98. The minimum atomic E-state index is -3.56. The predicted molar refractivity (Wildman–Crippen MR) is 52.6 cm³/mol. The van der Waals surface area contributed by atoms with Crippen LogP contribution in [-0.4, -0.2) is 13.5 Å². The maximum atomic E-state index is 10.7. The Bertz CT molecular complexity index is 416. The third-order valence-electron chi connectivity index (χ3n) is 1.41. The van der Waals surface area contributed by atoms with Gasteiger partial charge >= 0.3 is 0 Å². The number of phenolic OH excluding ortho intramolecular Hbond substituents is 1. The first-order chi connectivity index (χ1) is 5.90. The smallest absolute Gasteiger partial charge is 0.213 e. The Labute approximate surface area is 84.6 Å². The van der Waals surface area contributed by atoms with Crippen molar-refractivity contribution in [3.63, 3.8) is 0 Å². The summed E-state index contributed by atoms with van der Waals surface area (Å²) >= 11 is 3.06. The van der Waals surface area contributed by atoms with E-state index in [0.29, 0.717) is 10.0 Å². The van der Waals surface area contributed by atoms with Gasteiger partial charge in [-0.05, 0) is 27.6 Å². The van der Waals surface area contributed by atoms with Crippen molar-refractivity contribution in [1.29, 1.82) is 0 Å². The molecule has 0 aromatic heterocycles. The van der Waals surface area contributed by atoms with Gasteiger partial charge in [0.05, 0.1) is 10.2 Å². The quantitative estimate of drug-likeness (QED) is 0.836. The van der Waals surface area contributed by atoms with Gasteiger partial charge in [-0.2, -0.15) is 0 Å². The normalized spacial score (nSPS) is 11.5. The first kappa shape index (κ1) is 10.5. The SMILES string of the molecule is NS(=O)(=O)Cc1cccc(O)c1Br. The summed E-state index contributed by atoms with van der Waals surface area (Å²) in [7, 11) is -3.56. The number of nitrogens with two attached hydrogens (primary N) is 1. The monoisotopic (exact) mass is 265 g/mol. The molecule has 0 fully saturated rings. The zero-order valence-electron chi connectivity index (χ0n) is 6.57. The zero-order valence-corrected chi connectivity index (χ0v) is 8.97. The average molecular weight is 266 g/mol. The van der Waals surface area contributed by atoms with E-state index in [1.807, 2.05) is 0 Å². The van der Waals surface area contributed by atoms with Crippen LogP contribution in [-0.2, 0) is 15.8 Å². The highest BCUT2D eigenvalue weighted by Gasteiger charge is 2.10. The molecule has 0 radical (unpaired) electrons. The highest BCUT2D eigenvalue weighted by Crippen LogP contribution is 2.27. The molecule has 0 amide bonds. The topological polar surface area (TPSA) is 80.4 Å². The molecule has 0 atom stereocenters. The summed E-state index contributed by atoms with van der Waals surface area (Å²) in [6.45, 7) is 0. The summed E-state index contributed by atoms with van der Waals surface area (Å²) in [6.07, 6.45) is 0. The van der Waals surface area contributed by atoms with Gasteiger partial charge in [0.25, 0.3) is 0 Å². The summed E-state index contributed by atoms with van der Waals surface area (Å²) in [5.41, 5.74) is 0.447. The number of hydrogen-bond acceptors (Lipinski definition) is 3. The molecule has 0 aliphatic rings. The van der Waals surface area contributed by atoms with Gasteiger partial charge in [-0.3, -0.25) is 0 Å². The van der Waals surface area contributed by atoms with Gasteiger partial charge in [0.1, 0.15) is 5.75 Å². The van der Waals surface area contributed by atoms with Crippen molar-refractivity contribution in [2.45, 2.75) is 5.75 Å². The molecular formula is C7H8BrNO3S. The molecular weight excluding hydrogens is 258 g/mol. The Hall–Kier alpha value is -0.590. The minimum absolute atomic E-state index is 0.00106. The van der Waals surface area contributed by atoms with Crippen molar-refractivity contribution >= 4 is 26.0 Å². The molecule has 4 nitrogen and oxygen atoms in total. The molecule has 0 unspecified atom stereocenters. The number of benzene rings is 1. The molecule has 0 saturated heterocycles. The van der Waals surface area contributed by atoms with Crippen LogP contribution in [0.25, 0.3) is 0 Å². The second kappa shape index (κ2) is 3.65. The van der Waals surface area contributed by atoms with Gasteiger partial charge in [-0.1, -0.05) is 12.1 Å². The highest BCUT2D eigenvalue weighted by molar-refractivity contribution is 9.10. The molecule has 0 spiro atoms. The fourth-order valence-corrected chi connectivity index (χ4v) is 2.16. The van der Waals surface area contributed by atoms with Crippen molar-refractivity contribution in [2.75, 3.05) is 0 Å². The number of primary sulfonamides is 1. The number of rotatable bonds is 2. The van der Waals surface area contributed by atoms with Crippen molar-refractivity contribution in [3.05, 3.63) is 28.2 Å². The van der Waals surface area contributed by atoms with E-state index < -0.39 is 10.0 Å². The molecule has 6 heteroatoms. The van der Waals surface area contributed by atoms with E-state index in [2.05, 4.69) is 15.9 Å². The van der Waals surface area contributed by atoms with E-state index in [9.17, 15) is 13.5 Å². The summed E-state index contributed by atoms with van der Waals surface area (Å²) < 4.78 is 21.8. The largest absolute Gasteiger partial charge is 0.507 e. The van der Waals surface area contributed by atoms with Crippen molar-refractivity contribution in [1.82, 2.24) is 0 Å². The molecule has 1 aromatic carbocycles. The van der Waals surface area contributed by atoms with Gasteiger partial charge in [0.15, 0.2) is 0 Å². The van der Waals surface area contributed by atoms with Gasteiger partial charge in [0.2, 0.25) is 10.0 Å². The van der Waals surface area contributed by atoms with Crippen LogP contribution < -0.4 is 5.14 Å². The van der Waals surface area contributed by atoms with E-state index in [1.165, 1.54) is 6.07 Å². The van der Waals surface area contributed by atoms with Gasteiger partial charge in [0, 0.05) is 0 Å². The Balaban J connectivity index is 3.10. The number of halogens is 1. The van der Waals surface area contributed by atoms with Crippen LogP contribution in [0.15, 0.2) is 22.7 Å². The number of aromatic hydroxyl groups is 1. The Kier molecular flexibility index (Phi) is 2.94. The van der Waals surface area contributed by atoms with E-state index in [0.717, 1.165) is 0 Å². The molecule has 1 rings (SSSR count). The third-order valence-corrected chi connectivity index (χ3v) is 3.04. The zero-order chi connectivity index (χ0) is 10.1. The second-order valence-electron chi connectivity index (χ2n) is 2.56. The van der Waals surface area contributed by atoms with Crippen molar-refractivity contribution in [2.24, 2.45) is 5.14 Å².